The maximum atomic E-state index is 5.95. The molecule has 0 aliphatic rings. The van der Waals surface area contributed by atoms with Gasteiger partial charge in [-0.25, -0.2) is 0 Å². The van der Waals surface area contributed by atoms with Gasteiger partial charge in [-0.2, -0.15) is 0 Å². The Balaban J connectivity index is 2.40. The average molecular weight is 525 g/mol. The first-order valence-electron chi connectivity index (χ1n) is 11.6. The summed E-state index contributed by atoms with van der Waals surface area (Å²) in [6.07, 6.45) is 0. The lowest BCUT2D eigenvalue weighted by molar-refractivity contribution is 0.327. The largest absolute Gasteiger partial charge is 0.496 e. The third-order valence-corrected chi connectivity index (χ3v) is 6.51. The monoisotopic (exact) mass is 524 g/mol. The Hall–Kier alpha value is -4.40. The summed E-state index contributed by atoms with van der Waals surface area (Å²) in [7, 11) is 14.2. The van der Waals surface area contributed by atoms with E-state index in [-0.39, 0.29) is 0 Å². The van der Waals surface area contributed by atoms with E-state index in [1.54, 1.807) is 76.1 Å². The minimum atomic E-state index is 0.446. The van der Waals surface area contributed by atoms with E-state index < -0.39 is 0 Å². The molecule has 4 aromatic carbocycles. The Morgan fingerprint density at radius 2 is 0.868 bits per heavy atom. The van der Waals surface area contributed by atoms with Crippen LogP contribution in [-0.2, 0) is 0 Å². The molecule has 0 aliphatic heterocycles. The van der Waals surface area contributed by atoms with Crippen LogP contribution in [0.2, 0.25) is 0 Å². The van der Waals surface area contributed by atoms with Crippen LogP contribution in [0.5, 0.6) is 51.7 Å². The van der Waals surface area contributed by atoms with Crippen LogP contribution in [-0.4, -0.2) is 64.0 Å². The molecule has 0 aliphatic carbocycles. The molecule has 0 atom stereocenters. The average Bonchev–Trinajstić information content (AvgIpc) is 2.96. The zero-order valence-electron chi connectivity index (χ0n) is 23.1. The highest BCUT2D eigenvalue weighted by Gasteiger charge is 2.28. The molecule has 202 valence electrons. The molecule has 0 radical (unpaired) electrons. The second-order valence-corrected chi connectivity index (χ2v) is 8.14. The Morgan fingerprint density at radius 3 is 1.34 bits per heavy atom. The Labute approximate surface area is 221 Å². The molecule has 0 N–H and O–H groups in total. The standard InChI is InChI=1S/C29H32O9/c1-30-16-12-19(31-2)25(20(13-16)32-3)24-17-14-22(34-5)27(36-7)26(35-6)18(17)10-15-11-21(33-4)28(37-8)29(38-9)23(15)24/h10-14H,1-9H3. The van der Waals surface area contributed by atoms with Crippen LogP contribution in [0.4, 0.5) is 0 Å². The number of fused-ring (bicyclic) bond motifs is 2. The second-order valence-electron chi connectivity index (χ2n) is 8.14. The zero-order chi connectivity index (χ0) is 27.6. The summed E-state index contributed by atoms with van der Waals surface area (Å²) in [5.41, 5.74) is 1.41. The van der Waals surface area contributed by atoms with Crippen molar-refractivity contribution < 1.29 is 42.6 Å². The quantitative estimate of drug-likeness (QED) is 0.241. The van der Waals surface area contributed by atoms with Gasteiger partial charge in [0.25, 0.3) is 0 Å². The Bertz CT molecular complexity index is 1470. The first-order valence-corrected chi connectivity index (χ1v) is 11.6. The van der Waals surface area contributed by atoms with E-state index in [1.807, 2.05) is 18.2 Å². The van der Waals surface area contributed by atoms with Crippen LogP contribution < -0.4 is 42.6 Å². The topological polar surface area (TPSA) is 83.1 Å². The van der Waals surface area contributed by atoms with Gasteiger partial charge < -0.3 is 42.6 Å². The Morgan fingerprint density at radius 1 is 0.368 bits per heavy atom. The predicted molar refractivity (Wildman–Crippen MR) is 146 cm³/mol. The van der Waals surface area contributed by atoms with Crippen LogP contribution in [0, 0.1) is 0 Å². The molecule has 0 amide bonds. The van der Waals surface area contributed by atoms with E-state index in [0.717, 1.165) is 27.1 Å². The highest BCUT2D eigenvalue weighted by Crippen LogP contribution is 2.56. The fourth-order valence-electron chi connectivity index (χ4n) is 4.88. The summed E-state index contributed by atoms with van der Waals surface area (Å²) in [6.45, 7) is 0. The lowest BCUT2D eigenvalue weighted by atomic mass is 9.89. The summed E-state index contributed by atoms with van der Waals surface area (Å²) in [6, 6.07) is 9.37. The normalized spacial score (nSPS) is 10.8. The van der Waals surface area contributed by atoms with Gasteiger partial charge in [0.05, 0.1) is 69.6 Å². The molecule has 0 bridgehead atoms. The lowest BCUT2D eigenvalue weighted by Crippen LogP contribution is -2.01. The van der Waals surface area contributed by atoms with Gasteiger partial charge in [-0.05, 0) is 29.0 Å². The highest BCUT2D eigenvalue weighted by atomic mass is 16.5. The molecule has 0 spiro atoms. The predicted octanol–water partition coefficient (Wildman–Crippen LogP) is 5.74. The van der Waals surface area contributed by atoms with Crippen molar-refractivity contribution in [3.63, 3.8) is 0 Å². The summed E-state index contributed by atoms with van der Waals surface area (Å²) in [5, 5.41) is 3.09. The number of ether oxygens (including phenoxy) is 9. The third kappa shape index (κ3) is 4.04. The number of hydrogen-bond donors (Lipinski definition) is 0. The van der Waals surface area contributed by atoms with Gasteiger partial charge in [-0.15, -0.1) is 0 Å². The zero-order valence-corrected chi connectivity index (χ0v) is 23.1. The van der Waals surface area contributed by atoms with Crippen molar-refractivity contribution in [1.29, 1.82) is 0 Å². The molecule has 4 aromatic rings. The van der Waals surface area contributed by atoms with Gasteiger partial charge in [0.15, 0.2) is 23.0 Å². The number of rotatable bonds is 10. The van der Waals surface area contributed by atoms with Gasteiger partial charge in [0.1, 0.15) is 17.2 Å². The van der Waals surface area contributed by atoms with Gasteiger partial charge in [-0.1, -0.05) is 0 Å². The van der Waals surface area contributed by atoms with Crippen LogP contribution in [0.1, 0.15) is 0 Å². The van der Waals surface area contributed by atoms with Crippen molar-refractivity contribution in [3.8, 4) is 62.9 Å². The van der Waals surface area contributed by atoms with E-state index >= 15 is 0 Å². The minimum absolute atomic E-state index is 0.446. The highest BCUT2D eigenvalue weighted by molar-refractivity contribution is 6.19. The van der Waals surface area contributed by atoms with Crippen molar-refractivity contribution in [1.82, 2.24) is 0 Å². The molecule has 0 fully saturated rings. The van der Waals surface area contributed by atoms with Crippen molar-refractivity contribution in [2.24, 2.45) is 0 Å². The maximum absolute atomic E-state index is 5.95. The second kappa shape index (κ2) is 10.9. The van der Waals surface area contributed by atoms with Crippen LogP contribution in [0.15, 0.2) is 30.3 Å². The van der Waals surface area contributed by atoms with E-state index in [9.17, 15) is 0 Å². The van der Waals surface area contributed by atoms with E-state index in [2.05, 4.69) is 0 Å². The molecule has 38 heavy (non-hydrogen) atoms. The summed E-state index contributed by atoms with van der Waals surface area (Å²) in [4.78, 5) is 0. The number of hydrogen-bond acceptors (Lipinski definition) is 9. The first kappa shape index (κ1) is 26.7. The van der Waals surface area contributed by atoms with Crippen molar-refractivity contribution in [3.05, 3.63) is 30.3 Å². The molecule has 9 nitrogen and oxygen atoms in total. The Kier molecular flexibility index (Phi) is 7.66. The molecule has 0 heterocycles. The van der Waals surface area contributed by atoms with Gasteiger partial charge in [-0.3, -0.25) is 0 Å². The number of methoxy groups -OCH3 is 9. The molecule has 0 aromatic heterocycles. The first-order chi connectivity index (χ1) is 18.5. The summed E-state index contributed by atoms with van der Waals surface area (Å²) in [5.74, 6) is 4.53. The lowest BCUT2D eigenvalue weighted by Gasteiger charge is -2.23. The molecular weight excluding hydrogens is 492 g/mol. The molecule has 0 saturated heterocycles. The van der Waals surface area contributed by atoms with Crippen molar-refractivity contribution in [2.75, 3.05) is 64.0 Å². The fourth-order valence-corrected chi connectivity index (χ4v) is 4.88. The summed E-state index contributed by atoms with van der Waals surface area (Å²) >= 11 is 0. The molecule has 0 unspecified atom stereocenters. The van der Waals surface area contributed by atoms with E-state index in [0.29, 0.717) is 57.3 Å². The fraction of sp³-hybridized carbons (Fsp3) is 0.310. The van der Waals surface area contributed by atoms with Crippen LogP contribution in [0.25, 0.3) is 32.7 Å². The van der Waals surface area contributed by atoms with Gasteiger partial charge in [0.2, 0.25) is 11.5 Å². The van der Waals surface area contributed by atoms with Gasteiger partial charge in [0, 0.05) is 28.5 Å². The van der Waals surface area contributed by atoms with E-state index in [4.69, 9.17) is 42.6 Å². The molecule has 9 heteroatoms. The molecule has 0 saturated carbocycles. The molecule has 4 rings (SSSR count). The third-order valence-electron chi connectivity index (χ3n) is 6.51. The van der Waals surface area contributed by atoms with Crippen LogP contribution in [0.3, 0.4) is 0 Å². The minimum Gasteiger partial charge on any atom is -0.496 e. The maximum Gasteiger partial charge on any atom is 0.203 e. The van der Waals surface area contributed by atoms with Gasteiger partial charge >= 0.3 is 0 Å². The smallest absolute Gasteiger partial charge is 0.203 e. The summed E-state index contributed by atoms with van der Waals surface area (Å²) < 4.78 is 51.9. The van der Waals surface area contributed by atoms with Crippen molar-refractivity contribution >= 4 is 21.5 Å². The SMILES string of the molecule is COc1cc(OC)c(-c2c3cc(OC)c(OC)c(OC)c3cc3cc(OC)c(OC)c(OC)c23)c(OC)c1. The van der Waals surface area contributed by atoms with E-state index in [1.165, 1.54) is 0 Å². The van der Waals surface area contributed by atoms with Crippen molar-refractivity contribution in [2.45, 2.75) is 0 Å². The van der Waals surface area contributed by atoms with Crippen LogP contribution >= 0.6 is 0 Å². The number of benzene rings is 4. The molecular formula is C29H32O9.